The number of nitrogens with two attached hydrogens (primary N) is 1. The first-order chi connectivity index (χ1) is 19.3. The van der Waals surface area contributed by atoms with E-state index in [4.69, 9.17) is 15.2 Å². The van der Waals surface area contributed by atoms with Gasteiger partial charge in [0.15, 0.2) is 17.1 Å². The third-order valence-corrected chi connectivity index (χ3v) is 8.27. The van der Waals surface area contributed by atoms with E-state index in [-0.39, 0.29) is 29.4 Å². The number of carbonyl (C=O) groups is 1. The van der Waals surface area contributed by atoms with E-state index in [1.54, 1.807) is 6.08 Å². The minimum atomic E-state index is -0.408. The van der Waals surface area contributed by atoms with E-state index < -0.39 is 5.56 Å². The molecule has 0 aliphatic carbocycles. The molecule has 11 heteroatoms. The first-order valence-corrected chi connectivity index (χ1v) is 13.9. The molecule has 11 nitrogen and oxygen atoms in total. The zero-order valence-corrected chi connectivity index (χ0v) is 22.9. The number of anilines is 1. The Balaban J connectivity index is 1.26. The Kier molecular flexibility index (Phi) is 6.93. The first kappa shape index (κ1) is 26.3. The largest absolute Gasteiger partial charge is 0.454 e. The molecule has 0 atom stereocenters. The van der Waals surface area contributed by atoms with Gasteiger partial charge in [0.1, 0.15) is 11.3 Å². The molecule has 4 N–H and O–H groups in total. The SMILES string of the molecule is Cc1ccc2oc(-c3c4c(N)n[nH]c(=O)c4nn3C3CCN(C(=O)/C=C/CN4CCC(O)CC4)CC3)c(C)c2c1. The Bertz CT molecular complexity index is 1650. The number of carbonyl (C=O) groups excluding carboxylic acids is 1. The fourth-order valence-corrected chi connectivity index (χ4v) is 5.94. The molecule has 0 unspecified atom stereocenters. The number of nitrogens with one attached hydrogen (secondary N) is 1. The lowest BCUT2D eigenvalue weighted by Gasteiger charge is -2.32. The van der Waals surface area contributed by atoms with E-state index >= 15 is 0 Å². The van der Waals surface area contributed by atoms with Gasteiger partial charge in [0.05, 0.1) is 17.5 Å². The summed E-state index contributed by atoms with van der Waals surface area (Å²) >= 11 is 0. The maximum Gasteiger partial charge on any atom is 0.292 e. The summed E-state index contributed by atoms with van der Waals surface area (Å²) in [6.07, 6.45) is 6.27. The third kappa shape index (κ3) is 4.79. The summed E-state index contributed by atoms with van der Waals surface area (Å²) in [4.78, 5) is 29.7. The number of benzene rings is 1. The Morgan fingerprint density at radius 1 is 1.18 bits per heavy atom. The Morgan fingerprint density at radius 2 is 1.93 bits per heavy atom. The average molecular weight is 546 g/mol. The number of aromatic amines is 1. The molecule has 0 radical (unpaired) electrons. The van der Waals surface area contributed by atoms with Crippen LogP contribution in [-0.4, -0.2) is 79.6 Å². The van der Waals surface area contributed by atoms with Crippen LogP contribution in [0.25, 0.3) is 33.3 Å². The van der Waals surface area contributed by atoms with E-state index in [0.717, 1.165) is 48.0 Å². The van der Waals surface area contributed by atoms with E-state index in [1.807, 2.05) is 41.6 Å². The number of nitrogens with zero attached hydrogens (tertiary/aromatic N) is 5. The molecule has 0 bridgehead atoms. The summed E-state index contributed by atoms with van der Waals surface area (Å²) in [5, 5.41) is 22.3. The molecule has 2 aliphatic heterocycles. The second kappa shape index (κ2) is 10.5. The van der Waals surface area contributed by atoms with Gasteiger partial charge < -0.3 is 20.2 Å². The molecule has 0 spiro atoms. The Morgan fingerprint density at radius 3 is 2.67 bits per heavy atom. The van der Waals surface area contributed by atoms with Crippen molar-refractivity contribution in [3.8, 4) is 11.5 Å². The molecule has 1 aromatic carbocycles. The molecule has 6 rings (SSSR count). The number of hydrogen-bond acceptors (Lipinski definition) is 8. The first-order valence-electron chi connectivity index (χ1n) is 13.9. The lowest BCUT2D eigenvalue weighted by Crippen LogP contribution is -2.39. The quantitative estimate of drug-likeness (QED) is 0.325. The van der Waals surface area contributed by atoms with Gasteiger partial charge in [-0.1, -0.05) is 17.7 Å². The highest BCUT2D eigenvalue weighted by molar-refractivity contribution is 6.01. The van der Waals surface area contributed by atoms with Crippen molar-refractivity contribution in [3.05, 3.63) is 51.8 Å². The van der Waals surface area contributed by atoms with Crippen molar-refractivity contribution >= 4 is 33.6 Å². The van der Waals surface area contributed by atoms with E-state index in [1.165, 1.54) is 0 Å². The summed E-state index contributed by atoms with van der Waals surface area (Å²) in [6, 6.07) is 5.98. The molecule has 1 amide bonds. The number of piperidine rings is 2. The topological polar surface area (TPSA) is 147 Å². The highest BCUT2D eigenvalue weighted by Gasteiger charge is 2.31. The minimum Gasteiger partial charge on any atom is -0.454 e. The third-order valence-electron chi connectivity index (χ3n) is 8.27. The van der Waals surface area contributed by atoms with Crippen molar-refractivity contribution in [2.75, 3.05) is 38.5 Å². The molecule has 210 valence electrons. The van der Waals surface area contributed by atoms with Gasteiger partial charge in [-0.25, -0.2) is 5.10 Å². The van der Waals surface area contributed by atoms with E-state index in [0.29, 0.717) is 49.3 Å². The molecule has 3 aromatic heterocycles. The number of fused-ring (bicyclic) bond motifs is 2. The van der Waals surface area contributed by atoms with Crippen LogP contribution in [0.3, 0.4) is 0 Å². The maximum absolute atomic E-state index is 12.9. The van der Waals surface area contributed by atoms with Gasteiger partial charge in [0.2, 0.25) is 5.91 Å². The summed E-state index contributed by atoms with van der Waals surface area (Å²) in [5.74, 6) is 0.802. The van der Waals surface area contributed by atoms with Crippen LogP contribution in [0.1, 0.15) is 42.9 Å². The van der Waals surface area contributed by atoms with Crippen molar-refractivity contribution in [3.63, 3.8) is 0 Å². The van der Waals surface area contributed by atoms with Gasteiger partial charge in [-0.2, -0.15) is 10.2 Å². The number of nitrogen functional groups attached to an aromatic ring is 1. The highest BCUT2D eigenvalue weighted by atomic mass is 16.3. The normalized spacial score (nSPS) is 18.0. The van der Waals surface area contributed by atoms with Crippen molar-refractivity contribution in [2.24, 2.45) is 0 Å². The zero-order valence-electron chi connectivity index (χ0n) is 22.9. The molecule has 4 aromatic rings. The number of likely N-dealkylation sites (tertiary alicyclic amines) is 2. The van der Waals surface area contributed by atoms with E-state index in [9.17, 15) is 14.7 Å². The van der Waals surface area contributed by atoms with Crippen molar-refractivity contribution in [2.45, 2.75) is 51.7 Å². The van der Waals surface area contributed by atoms with Crippen LogP contribution in [0.2, 0.25) is 0 Å². The lowest BCUT2D eigenvalue weighted by atomic mass is 10.0. The number of furan rings is 1. The fourth-order valence-electron chi connectivity index (χ4n) is 5.94. The predicted molar refractivity (Wildman–Crippen MR) is 153 cm³/mol. The van der Waals surface area contributed by atoms with Gasteiger partial charge in [-0.05, 0) is 51.7 Å². The zero-order chi connectivity index (χ0) is 28.0. The molecular weight excluding hydrogens is 510 g/mol. The molecular formula is C29H35N7O4. The van der Waals surface area contributed by atoms with Gasteiger partial charge in [0, 0.05) is 49.7 Å². The molecule has 0 saturated carbocycles. The van der Waals surface area contributed by atoms with Crippen LogP contribution in [0, 0.1) is 13.8 Å². The van der Waals surface area contributed by atoms with Crippen molar-refractivity contribution in [1.29, 1.82) is 0 Å². The monoisotopic (exact) mass is 545 g/mol. The van der Waals surface area contributed by atoms with Crippen LogP contribution < -0.4 is 11.3 Å². The number of amides is 1. The van der Waals surface area contributed by atoms with Gasteiger partial charge in [-0.15, -0.1) is 0 Å². The summed E-state index contributed by atoms with van der Waals surface area (Å²) in [6.45, 7) is 7.58. The number of aliphatic hydroxyl groups is 1. The van der Waals surface area contributed by atoms with Gasteiger partial charge in [-0.3, -0.25) is 19.2 Å². The van der Waals surface area contributed by atoms with Crippen LogP contribution in [-0.2, 0) is 4.79 Å². The van der Waals surface area contributed by atoms with E-state index in [2.05, 4.69) is 21.2 Å². The summed E-state index contributed by atoms with van der Waals surface area (Å²) < 4.78 is 8.20. The minimum absolute atomic E-state index is 0.00488. The Labute approximate surface area is 231 Å². The number of aliphatic hydroxyl groups excluding tert-OH is 1. The number of aryl methyl sites for hydroxylation is 2. The summed E-state index contributed by atoms with van der Waals surface area (Å²) in [7, 11) is 0. The number of rotatable bonds is 5. The highest BCUT2D eigenvalue weighted by Crippen LogP contribution is 2.40. The maximum atomic E-state index is 12.9. The molecule has 40 heavy (non-hydrogen) atoms. The fraction of sp³-hybridized carbons (Fsp3) is 0.448. The predicted octanol–water partition coefficient (Wildman–Crippen LogP) is 2.91. The molecule has 2 aliphatic rings. The van der Waals surface area contributed by atoms with Gasteiger partial charge in [0.25, 0.3) is 5.56 Å². The van der Waals surface area contributed by atoms with Crippen LogP contribution in [0.5, 0.6) is 0 Å². The molecule has 2 saturated heterocycles. The standard InChI is InChI=1S/C29H35N7O4/c1-17-5-6-22-21(16-17)18(2)27(40-22)26-24-25(29(39)32-31-28(24)30)33-36(26)19-7-14-35(15-8-19)23(38)4-3-11-34-12-9-20(37)10-13-34/h3-6,16,19-20,37H,7-15H2,1-2H3,(H2,30,31)(H,32,39)/b4-3+. The number of H-pyrrole nitrogens is 1. The lowest BCUT2D eigenvalue weighted by molar-refractivity contribution is -0.127. The van der Waals surface area contributed by atoms with Gasteiger partial charge >= 0.3 is 0 Å². The van der Waals surface area contributed by atoms with Crippen LogP contribution in [0.15, 0.2) is 39.6 Å². The van der Waals surface area contributed by atoms with Crippen LogP contribution in [0.4, 0.5) is 5.82 Å². The van der Waals surface area contributed by atoms with Crippen molar-refractivity contribution < 1.29 is 14.3 Å². The molecule has 5 heterocycles. The summed E-state index contributed by atoms with van der Waals surface area (Å²) in [5.41, 5.74) is 9.58. The number of hydrogen-bond donors (Lipinski definition) is 3. The van der Waals surface area contributed by atoms with Crippen molar-refractivity contribution in [1.82, 2.24) is 29.8 Å². The second-order valence-electron chi connectivity index (χ2n) is 11.0. The Hall–Kier alpha value is -3.96. The smallest absolute Gasteiger partial charge is 0.292 e. The van der Waals surface area contributed by atoms with Crippen LogP contribution >= 0.6 is 0 Å². The average Bonchev–Trinajstić information content (AvgIpc) is 3.51. The molecule has 2 fully saturated rings. The number of aromatic nitrogens is 4. The second-order valence-corrected chi connectivity index (χ2v) is 11.0.